The Morgan fingerprint density at radius 3 is 2.10 bits per heavy atom. The number of rotatable bonds is 11. The zero-order chi connectivity index (χ0) is 15.4. The van der Waals surface area contributed by atoms with Crippen molar-refractivity contribution in [3.8, 4) is 0 Å². The Hall–Kier alpha value is -1.10. The first-order valence-electron chi connectivity index (χ1n) is 7.51. The van der Waals surface area contributed by atoms with Crippen LogP contribution in [0.5, 0.6) is 0 Å². The van der Waals surface area contributed by atoms with Gasteiger partial charge in [0.2, 0.25) is 8.32 Å². The molecule has 0 saturated carbocycles. The Kier molecular flexibility index (Phi) is 10.1. The van der Waals surface area contributed by atoms with E-state index in [1.807, 2.05) is 13.1 Å². The van der Waals surface area contributed by atoms with Gasteiger partial charge in [-0.1, -0.05) is 51.9 Å². The van der Waals surface area contributed by atoms with Crippen molar-refractivity contribution in [2.45, 2.75) is 71.0 Å². The van der Waals surface area contributed by atoms with Gasteiger partial charge in [0, 0.05) is 12.2 Å². The SMILES string of the molecule is CCCCCCCCC[Si](C)(C)OC(=O)/C=C\C(=O)O. The minimum atomic E-state index is -2.01. The third-order valence-corrected chi connectivity index (χ3v) is 5.43. The van der Waals surface area contributed by atoms with E-state index in [-0.39, 0.29) is 0 Å². The molecule has 0 radical (unpaired) electrons. The van der Waals surface area contributed by atoms with Crippen molar-refractivity contribution in [1.29, 1.82) is 0 Å². The molecular weight excluding hydrogens is 272 g/mol. The molecule has 4 nitrogen and oxygen atoms in total. The number of aliphatic carboxylic acids is 1. The third kappa shape index (κ3) is 12.0. The minimum absolute atomic E-state index is 0.535. The summed E-state index contributed by atoms with van der Waals surface area (Å²) in [6, 6.07) is 0.938. The normalized spacial score (nSPS) is 11.8. The van der Waals surface area contributed by atoms with Crippen molar-refractivity contribution < 1.29 is 19.1 Å². The van der Waals surface area contributed by atoms with Gasteiger partial charge >= 0.3 is 11.9 Å². The molecule has 0 rings (SSSR count). The first-order valence-corrected chi connectivity index (χ1v) is 10.6. The molecule has 0 unspecified atom stereocenters. The van der Waals surface area contributed by atoms with Gasteiger partial charge in [-0.15, -0.1) is 0 Å². The molecule has 1 N–H and O–H groups in total. The maximum Gasteiger partial charge on any atom is 0.328 e. The maximum absolute atomic E-state index is 11.4. The van der Waals surface area contributed by atoms with Gasteiger partial charge in [-0.3, -0.25) is 0 Å². The second-order valence-electron chi connectivity index (χ2n) is 5.72. The fraction of sp³-hybridized carbons (Fsp3) is 0.733. The Morgan fingerprint density at radius 2 is 1.55 bits per heavy atom. The monoisotopic (exact) mass is 300 g/mol. The number of carboxylic acids is 1. The van der Waals surface area contributed by atoms with E-state index in [4.69, 9.17) is 9.53 Å². The van der Waals surface area contributed by atoms with Crippen LogP contribution in [-0.4, -0.2) is 25.4 Å². The van der Waals surface area contributed by atoms with Crippen LogP contribution in [0.1, 0.15) is 51.9 Å². The molecule has 0 aromatic rings. The predicted octanol–water partition coefficient (Wildman–Crippen LogP) is 4.13. The molecule has 0 aliphatic heterocycles. The van der Waals surface area contributed by atoms with Gasteiger partial charge in [-0.2, -0.15) is 0 Å². The van der Waals surface area contributed by atoms with E-state index in [2.05, 4.69) is 6.92 Å². The second-order valence-corrected chi connectivity index (χ2v) is 9.95. The van der Waals surface area contributed by atoms with E-state index in [0.717, 1.165) is 24.6 Å². The lowest BCUT2D eigenvalue weighted by molar-refractivity contribution is -0.133. The summed E-state index contributed by atoms with van der Waals surface area (Å²) in [4.78, 5) is 21.7. The van der Waals surface area contributed by atoms with Crippen molar-refractivity contribution >= 4 is 20.3 Å². The number of carbonyl (C=O) groups excluding carboxylic acids is 1. The van der Waals surface area contributed by atoms with Gasteiger partial charge in [0.1, 0.15) is 0 Å². The lowest BCUT2D eigenvalue weighted by atomic mass is 10.1. The second kappa shape index (κ2) is 10.7. The Labute approximate surface area is 123 Å². The molecular formula is C15H28O4Si. The standard InChI is InChI=1S/C15H28O4Si/c1-4-5-6-7-8-9-10-13-20(2,3)19-15(18)12-11-14(16)17/h11-12H,4-10,13H2,1-3H3,(H,16,17)/b12-11-. The molecule has 116 valence electrons. The van der Waals surface area contributed by atoms with Gasteiger partial charge in [0.05, 0.1) is 0 Å². The number of unbranched alkanes of at least 4 members (excludes halogenated alkanes) is 6. The zero-order valence-corrected chi connectivity index (χ0v) is 14.0. The Morgan fingerprint density at radius 1 is 1.00 bits per heavy atom. The molecule has 0 aliphatic rings. The van der Waals surface area contributed by atoms with Gasteiger partial charge in [-0.25, -0.2) is 9.59 Å². The molecule has 0 fully saturated rings. The predicted molar refractivity (Wildman–Crippen MR) is 83.1 cm³/mol. The third-order valence-electron chi connectivity index (χ3n) is 3.12. The Balaban J connectivity index is 3.78. The smallest absolute Gasteiger partial charge is 0.328 e. The van der Waals surface area contributed by atoms with Crippen LogP contribution in [0.4, 0.5) is 0 Å². The summed E-state index contributed by atoms with van der Waals surface area (Å²) in [5, 5.41) is 8.44. The van der Waals surface area contributed by atoms with Crippen LogP contribution in [0.15, 0.2) is 12.2 Å². The number of hydrogen-bond acceptors (Lipinski definition) is 3. The van der Waals surface area contributed by atoms with E-state index < -0.39 is 20.3 Å². The van der Waals surface area contributed by atoms with Crippen molar-refractivity contribution in [2.75, 3.05) is 0 Å². The van der Waals surface area contributed by atoms with E-state index in [1.54, 1.807) is 0 Å². The summed E-state index contributed by atoms with van der Waals surface area (Å²) in [5.41, 5.74) is 0. The zero-order valence-electron chi connectivity index (χ0n) is 13.0. The largest absolute Gasteiger partial charge is 0.517 e. The van der Waals surface area contributed by atoms with E-state index in [1.165, 1.54) is 38.5 Å². The van der Waals surface area contributed by atoms with Crippen molar-refractivity contribution in [3.63, 3.8) is 0 Å². The summed E-state index contributed by atoms with van der Waals surface area (Å²) < 4.78 is 5.38. The number of carboxylic acid groups (broad SMARTS) is 1. The molecule has 0 spiro atoms. The highest BCUT2D eigenvalue weighted by Gasteiger charge is 2.25. The maximum atomic E-state index is 11.4. The average molecular weight is 300 g/mol. The van der Waals surface area contributed by atoms with Crippen molar-refractivity contribution in [2.24, 2.45) is 0 Å². The van der Waals surface area contributed by atoms with Crippen molar-refractivity contribution in [3.05, 3.63) is 12.2 Å². The number of hydrogen-bond donors (Lipinski definition) is 1. The first kappa shape index (κ1) is 18.9. The van der Waals surface area contributed by atoms with Crippen LogP contribution < -0.4 is 0 Å². The van der Waals surface area contributed by atoms with E-state index in [9.17, 15) is 9.59 Å². The molecule has 0 aromatic carbocycles. The summed E-state index contributed by atoms with van der Waals surface area (Å²) in [6.45, 7) is 6.20. The fourth-order valence-corrected chi connectivity index (χ4v) is 3.82. The lowest BCUT2D eigenvalue weighted by Gasteiger charge is -2.21. The highest BCUT2D eigenvalue weighted by molar-refractivity contribution is 6.72. The molecule has 0 aliphatic carbocycles. The summed E-state index contributed by atoms with van der Waals surface area (Å²) in [6.07, 6.45) is 10.5. The molecule has 20 heavy (non-hydrogen) atoms. The van der Waals surface area contributed by atoms with E-state index >= 15 is 0 Å². The molecule has 0 bridgehead atoms. The van der Waals surface area contributed by atoms with Crippen LogP contribution in [0.3, 0.4) is 0 Å². The topological polar surface area (TPSA) is 63.6 Å². The lowest BCUT2D eigenvalue weighted by Crippen LogP contribution is -2.32. The van der Waals surface area contributed by atoms with Gasteiger partial charge in [0.25, 0.3) is 0 Å². The van der Waals surface area contributed by atoms with Gasteiger partial charge < -0.3 is 9.53 Å². The summed E-state index contributed by atoms with van der Waals surface area (Å²) in [7, 11) is -2.01. The minimum Gasteiger partial charge on any atom is -0.517 e. The molecule has 5 heteroatoms. The summed E-state index contributed by atoms with van der Waals surface area (Å²) in [5.74, 6) is -1.67. The van der Waals surface area contributed by atoms with Crippen LogP contribution in [0.25, 0.3) is 0 Å². The van der Waals surface area contributed by atoms with Crippen LogP contribution >= 0.6 is 0 Å². The highest BCUT2D eigenvalue weighted by Crippen LogP contribution is 2.17. The molecule has 0 atom stereocenters. The van der Waals surface area contributed by atoms with Crippen molar-refractivity contribution in [1.82, 2.24) is 0 Å². The molecule has 0 saturated heterocycles. The molecule has 0 heterocycles. The fourth-order valence-electron chi connectivity index (χ4n) is 2.00. The van der Waals surface area contributed by atoms with Gasteiger partial charge in [-0.05, 0) is 19.1 Å². The summed E-state index contributed by atoms with van der Waals surface area (Å²) >= 11 is 0. The van der Waals surface area contributed by atoms with Gasteiger partial charge in [0.15, 0.2) is 0 Å². The van der Waals surface area contributed by atoms with Crippen LogP contribution in [-0.2, 0) is 14.0 Å². The Bertz CT molecular complexity index is 324. The average Bonchev–Trinajstić information content (AvgIpc) is 2.34. The molecule has 0 aromatic heterocycles. The van der Waals surface area contributed by atoms with Crippen LogP contribution in [0.2, 0.25) is 19.1 Å². The highest BCUT2D eigenvalue weighted by atomic mass is 28.4. The van der Waals surface area contributed by atoms with E-state index in [0.29, 0.717) is 0 Å². The number of carbonyl (C=O) groups is 2. The molecule has 0 amide bonds. The quantitative estimate of drug-likeness (QED) is 0.354. The van der Waals surface area contributed by atoms with Crippen LogP contribution in [0, 0.1) is 0 Å². The first-order chi connectivity index (χ1) is 9.37.